The molecule has 3 rings (SSSR count). The fraction of sp³-hybridized carbons (Fsp3) is 0.167. The standard InChI is InChI=1S/C24H20N2S2/c1-3-27-21-9-5-7-17(11-21)23-13-19(15-25)20(16-26)14-24(23)18-8-6-10-22(12-18)28-4-2/h5-14H,3-4H2,1-2H3. The Morgan fingerprint density at radius 2 is 1.11 bits per heavy atom. The molecule has 0 saturated heterocycles. The zero-order chi connectivity index (χ0) is 19.9. The molecule has 0 atom stereocenters. The molecule has 0 bridgehead atoms. The summed E-state index contributed by atoms with van der Waals surface area (Å²) in [6.45, 7) is 4.27. The monoisotopic (exact) mass is 400 g/mol. The third-order valence-corrected chi connectivity index (χ3v) is 6.06. The lowest BCUT2D eigenvalue weighted by atomic mass is 9.90. The van der Waals surface area contributed by atoms with Crippen LogP contribution < -0.4 is 0 Å². The molecule has 0 aromatic heterocycles. The van der Waals surface area contributed by atoms with E-state index < -0.39 is 0 Å². The molecule has 0 aliphatic heterocycles. The third kappa shape index (κ3) is 4.42. The summed E-state index contributed by atoms with van der Waals surface area (Å²) in [5.74, 6) is 2.01. The Balaban J connectivity index is 2.24. The van der Waals surface area contributed by atoms with Crippen molar-refractivity contribution in [2.45, 2.75) is 23.6 Å². The van der Waals surface area contributed by atoms with Crippen LogP contribution in [0.5, 0.6) is 0 Å². The summed E-state index contributed by atoms with van der Waals surface area (Å²) in [5, 5.41) is 19.1. The molecule has 138 valence electrons. The first-order valence-corrected chi connectivity index (χ1v) is 11.1. The maximum atomic E-state index is 9.53. The molecule has 0 aliphatic rings. The highest BCUT2D eigenvalue weighted by Gasteiger charge is 2.14. The van der Waals surface area contributed by atoms with Crippen LogP contribution in [-0.2, 0) is 0 Å². The summed E-state index contributed by atoms with van der Waals surface area (Å²) in [7, 11) is 0. The molecular weight excluding hydrogens is 380 g/mol. The number of hydrogen-bond acceptors (Lipinski definition) is 4. The summed E-state index contributed by atoms with van der Waals surface area (Å²) in [6, 6.07) is 24.8. The second kappa shape index (κ2) is 9.51. The van der Waals surface area contributed by atoms with Crippen LogP contribution in [-0.4, -0.2) is 11.5 Å². The van der Waals surface area contributed by atoms with Gasteiger partial charge in [0.2, 0.25) is 0 Å². The van der Waals surface area contributed by atoms with Gasteiger partial charge in [-0.05, 0) is 70.2 Å². The van der Waals surface area contributed by atoms with Gasteiger partial charge in [-0.15, -0.1) is 23.5 Å². The van der Waals surface area contributed by atoms with Crippen molar-refractivity contribution in [1.82, 2.24) is 0 Å². The van der Waals surface area contributed by atoms with Crippen molar-refractivity contribution in [1.29, 1.82) is 10.5 Å². The first-order chi connectivity index (χ1) is 13.7. The second-order valence-electron chi connectivity index (χ2n) is 6.09. The second-order valence-corrected chi connectivity index (χ2v) is 8.76. The average molecular weight is 401 g/mol. The van der Waals surface area contributed by atoms with Gasteiger partial charge in [0.25, 0.3) is 0 Å². The molecule has 0 spiro atoms. The van der Waals surface area contributed by atoms with E-state index in [0.29, 0.717) is 11.1 Å². The number of hydrogen-bond donors (Lipinski definition) is 0. The van der Waals surface area contributed by atoms with E-state index in [4.69, 9.17) is 0 Å². The molecule has 0 N–H and O–H groups in total. The van der Waals surface area contributed by atoms with Crippen LogP contribution in [0.4, 0.5) is 0 Å². The van der Waals surface area contributed by atoms with Crippen LogP contribution in [0.25, 0.3) is 22.3 Å². The topological polar surface area (TPSA) is 47.6 Å². The first kappa shape index (κ1) is 20.1. The van der Waals surface area contributed by atoms with E-state index in [9.17, 15) is 10.5 Å². The Labute approximate surface area is 175 Å². The van der Waals surface area contributed by atoms with E-state index >= 15 is 0 Å². The van der Waals surface area contributed by atoms with E-state index in [0.717, 1.165) is 33.8 Å². The van der Waals surface area contributed by atoms with Crippen LogP contribution in [0.3, 0.4) is 0 Å². The fourth-order valence-corrected chi connectivity index (χ4v) is 4.54. The molecule has 0 saturated carbocycles. The molecule has 3 aromatic rings. The summed E-state index contributed by atoms with van der Waals surface area (Å²) in [5.41, 5.74) is 4.90. The van der Waals surface area contributed by atoms with Gasteiger partial charge < -0.3 is 0 Å². The van der Waals surface area contributed by atoms with Crippen molar-refractivity contribution < 1.29 is 0 Å². The van der Waals surface area contributed by atoms with Crippen LogP contribution in [0, 0.1) is 22.7 Å². The molecule has 2 nitrogen and oxygen atoms in total. The smallest absolute Gasteiger partial charge is 0.101 e. The first-order valence-electron chi connectivity index (χ1n) is 9.14. The van der Waals surface area contributed by atoms with Crippen LogP contribution in [0.2, 0.25) is 0 Å². The predicted molar refractivity (Wildman–Crippen MR) is 120 cm³/mol. The Hall–Kier alpha value is -2.66. The molecule has 0 aliphatic carbocycles. The summed E-state index contributed by atoms with van der Waals surface area (Å²) in [4.78, 5) is 2.40. The van der Waals surface area contributed by atoms with Crippen molar-refractivity contribution in [3.63, 3.8) is 0 Å². The third-order valence-electron chi connectivity index (χ3n) is 4.31. The van der Waals surface area contributed by atoms with Crippen molar-refractivity contribution in [3.8, 4) is 34.4 Å². The normalized spacial score (nSPS) is 10.3. The summed E-state index contributed by atoms with van der Waals surface area (Å²) >= 11 is 3.58. The molecule has 0 heterocycles. The minimum atomic E-state index is 0.411. The Kier molecular flexibility index (Phi) is 6.82. The molecule has 0 fully saturated rings. The maximum absolute atomic E-state index is 9.53. The van der Waals surface area contributed by atoms with Gasteiger partial charge in [0.05, 0.1) is 11.1 Å². The minimum absolute atomic E-state index is 0.411. The van der Waals surface area contributed by atoms with Crippen molar-refractivity contribution in [3.05, 3.63) is 71.8 Å². The molecule has 0 unspecified atom stereocenters. The van der Waals surface area contributed by atoms with Gasteiger partial charge in [-0.1, -0.05) is 38.1 Å². The molecule has 0 amide bonds. The lowest BCUT2D eigenvalue weighted by Crippen LogP contribution is -1.92. The van der Waals surface area contributed by atoms with Crippen LogP contribution >= 0.6 is 23.5 Å². The Bertz CT molecular complexity index is 988. The van der Waals surface area contributed by atoms with Crippen molar-refractivity contribution in [2.24, 2.45) is 0 Å². The number of nitrogens with zero attached hydrogens (tertiary/aromatic N) is 2. The number of benzene rings is 3. The molecule has 4 heteroatoms. The quantitative estimate of drug-likeness (QED) is 0.418. The molecule has 28 heavy (non-hydrogen) atoms. The molecule has 3 aromatic carbocycles. The van der Waals surface area contributed by atoms with E-state index in [1.807, 2.05) is 24.3 Å². The van der Waals surface area contributed by atoms with Gasteiger partial charge in [0.15, 0.2) is 0 Å². The Morgan fingerprint density at radius 3 is 1.46 bits per heavy atom. The van der Waals surface area contributed by atoms with E-state index in [1.165, 1.54) is 9.79 Å². The van der Waals surface area contributed by atoms with Crippen LogP contribution in [0.15, 0.2) is 70.5 Å². The Morgan fingerprint density at radius 1 is 0.679 bits per heavy atom. The van der Waals surface area contributed by atoms with Gasteiger partial charge in [-0.2, -0.15) is 10.5 Å². The van der Waals surface area contributed by atoms with Crippen molar-refractivity contribution >= 4 is 23.5 Å². The van der Waals surface area contributed by atoms with Crippen LogP contribution in [0.1, 0.15) is 25.0 Å². The lowest BCUT2D eigenvalue weighted by molar-refractivity contribution is 1.39. The summed E-state index contributed by atoms with van der Waals surface area (Å²) < 4.78 is 0. The zero-order valence-electron chi connectivity index (χ0n) is 15.9. The highest BCUT2D eigenvalue weighted by Crippen LogP contribution is 2.37. The van der Waals surface area contributed by atoms with Gasteiger partial charge in [-0.3, -0.25) is 0 Å². The average Bonchev–Trinajstić information content (AvgIpc) is 2.73. The minimum Gasteiger partial charge on any atom is -0.192 e. The molecule has 0 radical (unpaired) electrons. The number of thioether (sulfide) groups is 2. The number of rotatable bonds is 6. The van der Waals surface area contributed by atoms with E-state index in [-0.39, 0.29) is 0 Å². The fourth-order valence-electron chi connectivity index (χ4n) is 3.10. The SMILES string of the molecule is CCSc1cccc(-c2cc(C#N)c(C#N)cc2-c2cccc(SCC)c2)c1. The predicted octanol–water partition coefficient (Wildman–Crippen LogP) is 6.99. The van der Waals surface area contributed by atoms with E-state index in [1.54, 1.807) is 23.5 Å². The number of nitriles is 2. The van der Waals surface area contributed by atoms with Gasteiger partial charge in [-0.25, -0.2) is 0 Å². The van der Waals surface area contributed by atoms with Gasteiger partial charge in [0.1, 0.15) is 12.1 Å². The van der Waals surface area contributed by atoms with E-state index in [2.05, 4.69) is 62.4 Å². The maximum Gasteiger partial charge on any atom is 0.101 e. The molecular formula is C24H20N2S2. The zero-order valence-corrected chi connectivity index (χ0v) is 17.5. The summed E-state index contributed by atoms with van der Waals surface area (Å²) in [6.07, 6.45) is 0. The van der Waals surface area contributed by atoms with Gasteiger partial charge >= 0.3 is 0 Å². The van der Waals surface area contributed by atoms with Crippen molar-refractivity contribution in [2.75, 3.05) is 11.5 Å². The highest BCUT2D eigenvalue weighted by atomic mass is 32.2. The highest BCUT2D eigenvalue weighted by molar-refractivity contribution is 7.99. The lowest BCUT2D eigenvalue weighted by Gasteiger charge is -2.14. The van der Waals surface area contributed by atoms with Gasteiger partial charge in [0, 0.05) is 9.79 Å². The largest absolute Gasteiger partial charge is 0.192 e.